The third kappa shape index (κ3) is 6.33. The van der Waals surface area contributed by atoms with Crippen LogP contribution in [0.25, 0.3) is 5.76 Å². The van der Waals surface area contributed by atoms with E-state index in [1.165, 1.54) is 4.90 Å². The maximum absolute atomic E-state index is 13.5. The van der Waals surface area contributed by atoms with E-state index in [9.17, 15) is 14.7 Å². The largest absolute Gasteiger partial charge is 0.507 e. The SMILES string of the molecule is CCCCCOc1ccc(/C(O)=C2/C(=O)C(=O)N(c3ccccc3)C2c2cccc(OCc3ccccc3)c2)cc1. The van der Waals surface area contributed by atoms with Gasteiger partial charge in [0.25, 0.3) is 11.7 Å². The van der Waals surface area contributed by atoms with Crippen molar-refractivity contribution < 1.29 is 24.2 Å². The van der Waals surface area contributed by atoms with E-state index in [1.54, 1.807) is 36.4 Å². The minimum Gasteiger partial charge on any atom is -0.507 e. The zero-order valence-corrected chi connectivity index (χ0v) is 23.0. The Bertz CT molecular complexity index is 1510. The summed E-state index contributed by atoms with van der Waals surface area (Å²) in [7, 11) is 0. The van der Waals surface area contributed by atoms with E-state index in [1.807, 2.05) is 72.8 Å². The molecule has 1 fully saturated rings. The molecule has 5 rings (SSSR count). The Balaban J connectivity index is 1.50. The van der Waals surface area contributed by atoms with Gasteiger partial charge in [0.15, 0.2) is 0 Å². The van der Waals surface area contributed by atoms with Gasteiger partial charge in [-0.05, 0) is 66.1 Å². The van der Waals surface area contributed by atoms with Gasteiger partial charge in [0.1, 0.15) is 23.9 Å². The molecule has 6 heteroatoms. The molecule has 1 unspecified atom stereocenters. The first-order chi connectivity index (χ1) is 20.1. The van der Waals surface area contributed by atoms with Gasteiger partial charge in [0.2, 0.25) is 0 Å². The van der Waals surface area contributed by atoms with Gasteiger partial charge in [-0.3, -0.25) is 14.5 Å². The Morgan fingerprint density at radius 1 is 0.780 bits per heavy atom. The van der Waals surface area contributed by atoms with E-state index in [0.717, 1.165) is 24.8 Å². The molecule has 1 atom stereocenters. The second kappa shape index (κ2) is 13.0. The van der Waals surface area contributed by atoms with Gasteiger partial charge >= 0.3 is 0 Å². The fourth-order valence-corrected chi connectivity index (χ4v) is 4.92. The molecule has 0 saturated carbocycles. The topological polar surface area (TPSA) is 76.1 Å². The molecular weight excluding hydrogens is 514 g/mol. The molecule has 41 heavy (non-hydrogen) atoms. The number of rotatable bonds is 11. The van der Waals surface area contributed by atoms with Crippen LogP contribution in [0.1, 0.15) is 48.9 Å². The summed E-state index contributed by atoms with van der Waals surface area (Å²) in [4.78, 5) is 28.4. The monoisotopic (exact) mass is 547 g/mol. The fraction of sp³-hybridized carbons (Fsp3) is 0.200. The van der Waals surface area contributed by atoms with Gasteiger partial charge in [-0.15, -0.1) is 0 Å². The Morgan fingerprint density at radius 3 is 2.20 bits per heavy atom. The summed E-state index contributed by atoms with van der Waals surface area (Å²) in [5.74, 6) is -0.405. The van der Waals surface area contributed by atoms with Crippen LogP contribution in [0.3, 0.4) is 0 Å². The number of ketones is 1. The van der Waals surface area contributed by atoms with E-state index in [-0.39, 0.29) is 11.3 Å². The molecule has 4 aromatic rings. The van der Waals surface area contributed by atoms with E-state index >= 15 is 0 Å². The first kappa shape index (κ1) is 27.7. The molecule has 1 amide bonds. The molecule has 208 valence electrons. The lowest BCUT2D eigenvalue weighted by Crippen LogP contribution is -2.29. The Hall–Kier alpha value is -4.84. The maximum atomic E-state index is 13.5. The zero-order valence-electron chi connectivity index (χ0n) is 23.0. The number of carbonyl (C=O) groups excluding carboxylic acids is 2. The van der Waals surface area contributed by atoms with Crippen molar-refractivity contribution in [3.05, 3.63) is 131 Å². The molecule has 1 aliphatic heterocycles. The molecular formula is C35H33NO5. The van der Waals surface area contributed by atoms with Crippen molar-refractivity contribution in [2.75, 3.05) is 11.5 Å². The number of benzene rings is 4. The van der Waals surface area contributed by atoms with Crippen molar-refractivity contribution in [3.63, 3.8) is 0 Å². The Kier molecular flexibility index (Phi) is 8.79. The second-order valence-corrected chi connectivity index (χ2v) is 9.93. The summed E-state index contributed by atoms with van der Waals surface area (Å²) in [6.07, 6.45) is 3.17. The number of unbranched alkanes of at least 4 members (excludes halogenated alkanes) is 2. The zero-order chi connectivity index (χ0) is 28.6. The second-order valence-electron chi connectivity index (χ2n) is 9.93. The summed E-state index contributed by atoms with van der Waals surface area (Å²) in [6.45, 7) is 3.13. The number of ether oxygens (including phenoxy) is 2. The van der Waals surface area contributed by atoms with Crippen LogP contribution in [-0.2, 0) is 16.2 Å². The van der Waals surface area contributed by atoms with Crippen molar-refractivity contribution in [2.45, 2.75) is 38.8 Å². The average Bonchev–Trinajstić information content (AvgIpc) is 3.29. The van der Waals surface area contributed by atoms with Crippen LogP contribution in [0.4, 0.5) is 5.69 Å². The highest BCUT2D eigenvalue weighted by Gasteiger charge is 2.47. The highest BCUT2D eigenvalue weighted by Crippen LogP contribution is 2.43. The van der Waals surface area contributed by atoms with Crippen LogP contribution in [0, 0.1) is 0 Å². The fourth-order valence-electron chi connectivity index (χ4n) is 4.92. The molecule has 4 aromatic carbocycles. The number of aliphatic hydroxyl groups excluding tert-OH is 1. The Labute approximate surface area is 240 Å². The first-order valence-corrected chi connectivity index (χ1v) is 13.9. The molecule has 0 aliphatic carbocycles. The number of aliphatic hydroxyl groups is 1. The number of hydrogen-bond acceptors (Lipinski definition) is 5. The quantitative estimate of drug-likeness (QED) is 0.0913. The third-order valence-electron chi connectivity index (χ3n) is 7.05. The molecule has 6 nitrogen and oxygen atoms in total. The third-order valence-corrected chi connectivity index (χ3v) is 7.05. The van der Waals surface area contributed by atoms with Gasteiger partial charge in [-0.2, -0.15) is 0 Å². The predicted molar refractivity (Wildman–Crippen MR) is 160 cm³/mol. The van der Waals surface area contributed by atoms with Crippen LogP contribution in [0.15, 0.2) is 115 Å². The van der Waals surface area contributed by atoms with Crippen molar-refractivity contribution in [2.24, 2.45) is 0 Å². The van der Waals surface area contributed by atoms with Crippen molar-refractivity contribution >= 4 is 23.1 Å². The highest BCUT2D eigenvalue weighted by molar-refractivity contribution is 6.51. The smallest absolute Gasteiger partial charge is 0.300 e. The minimum absolute atomic E-state index is 0.0238. The van der Waals surface area contributed by atoms with Crippen LogP contribution in [-0.4, -0.2) is 23.4 Å². The molecule has 0 bridgehead atoms. The van der Waals surface area contributed by atoms with Gasteiger partial charge in [-0.1, -0.05) is 80.4 Å². The standard InChI is InChI=1S/C35H33NO5/c1-2-3-10-22-40-29-20-18-26(19-21-29)33(37)31-32(36(35(39)34(31)38)28-15-8-5-9-16-28)27-14-11-17-30(23-27)41-24-25-12-6-4-7-13-25/h4-9,11-21,23,32,37H,2-3,10,22,24H2,1H3/b33-31-. The van der Waals surface area contributed by atoms with Gasteiger partial charge < -0.3 is 14.6 Å². The molecule has 1 heterocycles. The average molecular weight is 548 g/mol. The van der Waals surface area contributed by atoms with Crippen molar-refractivity contribution in [3.8, 4) is 11.5 Å². The number of Topliss-reactive ketones (excluding diaryl/α,β-unsaturated/α-hetero) is 1. The molecule has 1 aliphatic rings. The van der Waals surface area contributed by atoms with Crippen molar-refractivity contribution in [1.29, 1.82) is 0 Å². The van der Waals surface area contributed by atoms with E-state index in [2.05, 4.69) is 6.92 Å². The number of amides is 1. The predicted octanol–water partition coefficient (Wildman–Crippen LogP) is 7.46. The number of nitrogens with zero attached hydrogens (tertiary/aromatic N) is 1. The van der Waals surface area contributed by atoms with Gasteiger partial charge in [0.05, 0.1) is 18.2 Å². The summed E-state index contributed by atoms with van der Waals surface area (Å²) in [5.41, 5.74) is 2.68. The molecule has 0 radical (unpaired) electrons. The summed E-state index contributed by atoms with van der Waals surface area (Å²) in [6, 6.07) is 32.2. The molecule has 0 spiro atoms. The van der Waals surface area contributed by atoms with Crippen LogP contribution in [0.2, 0.25) is 0 Å². The van der Waals surface area contributed by atoms with E-state index in [4.69, 9.17) is 9.47 Å². The molecule has 1 N–H and O–H groups in total. The first-order valence-electron chi connectivity index (χ1n) is 13.9. The normalized spacial score (nSPS) is 16.1. The number of para-hydroxylation sites is 1. The van der Waals surface area contributed by atoms with E-state index in [0.29, 0.717) is 41.5 Å². The lowest BCUT2D eigenvalue weighted by atomic mass is 9.95. The Morgan fingerprint density at radius 2 is 1.49 bits per heavy atom. The number of hydrogen-bond donors (Lipinski definition) is 1. The van der Waals surface area contributed by atoms with Crippen LogP contribution < -0.4 is 14.4 Å². The lowest BCUT2D eigenvalue weighted by Gasteiger charge is -2.25. The lowest BCUT2D eigenvalue weighted by molar-refractivity contribution is -0.132. The number of anilines is 1. The highest BCUT2D eigenvalue weighted by atomic mass is 16.5. The van der Waals surface area contributed by atoms with E-state index < -0.39 is 17.7 Å². The maximum Gasteiger partial charge on any atom is 0.300 e. The van der Waals surface area contributed by atoms with Gasteiger partial charge in [-0.25, -0.2) is 0 Å². The van der Waals surface area contributed by atoms with Crippen molar-refractivity contribution in [1.82, 2.24) is 0 Å². The van der Waals surface area contributed by atoms with Crippen LogP contribution >= 0.6 is 0 Å². The minimum atomic E-state index is -0.845. The van der Waals surface area contributed by atoms with Crippen LogP contribution in [0.5, 0.6) is 11.5 Å². The summed E-state index contributed by atoms with van der Waals surface area (Å²) in [5, 5.41) is 11.5. The summed E-state index contributed by atoms with van der Waals surface area (Å²) < 4.78 is 11.8. The van der Waals surface area contributed by atoms with Gasteiger partial charge in [0, 0.05) is 11.3 Å². The number of carbonyl (C=O) groups is 2. The molecule has 0 aromatic heterocycles. The molecule has 1 saturated heterocycles. The summed E-state index contributed by atoms with van der Waals surface area (Å²) >= 11 is 0.